The Labute approximate surface area is 172 Å². The highest BCUT2D eigenvalue weighted by atomic mass is 32.1. The molecule has 2 heterocycles. The molecule has 3 N–H and O–H groups in total. The van der Waals surface area contributed by atoms with Crippen molar-refractivity contribution >= 4 is 28.2 Å². The summed E-state index contributed by atoms with van der Waals surface area (Å²) in [7, 11) is 2.03. The fourth-order valence-corrected chi connectivity index (χ4v) is 4.71. The number of rotatable bonds is 5. The number of thiophene rings is 1. The molecule has 148 valence electrons. The number of carbonyl (C=O) groups excluding carboxylic acids is 2. The van der Waals surface area contributed by atoms with Gasteiger partial charge in [-0.3, -0.25) is 9.59 Å². The van der Waals surface area contributed by atoms with Crippen LogP contribution in [0.5, 0.6) is 11.5 Å². The van der Waals surface area contributed by atoms with E-state index >= 15 is 0 Å². The fourth-order valence-electron chi connectivity index (χ4n) is 3.38. The number of ether oxygens (including phenoxy) is 1. The second-order valence-corrected chi connectivity index (χ2v) is 8.06. The van der Waals surface area contributed by atoms with E-state index in [0.29, 0.717) is 27.6 Å². The summed E-state index contributed by atoms with van der Waals surface area (Å²) >= 11 is 1.42. The van der Waals surface area contributed by atoms with E-state index in [-0.39, 0.29) is 5.91 Å². The molecular formula is C22H21N3O3S. The van der Waals surface area contributed by atoms with E-state index in [1.807, 2.05) is 37.4 Å². The Hall–Kier alpha value is -3.16. The van der Waals surface area contributed by atoms with Gasteiger partial charge in [-0.2, -0.15) is 0 Å². The van der Waals surface area contributed by atoms with Crippen molar-refractivity contribution in [3.05, 3.63) is 76.2 Å². The van der Waals surface area contributed by atoms with Crippen LogP contribution in [-0.2, 0) is 13.0 Å². The first-order chi connectivity index (χ1) is 14.0. The first-order valence-corrected chi connectivity index (χ1v) is 10.1. The van der Waals surface area contributed by atoms with Gasteiger partial charge in [-0.25, -0.2) is 0 Å². The van der Waals surface area contributed by atoms with Crippen LogP contribution in [0.4, 0.5) is 5.00 Å². The predicted octanol–water partition coefficient (Wildman–Crippen LogP) is 3.88. The van der Waals surface area contributed by atoms with Gasteiger partial charge in [0.15, 0.2) is 0 Å². The second-order valence-electron chi connectivity index (χ2n) is 6.96. The third kappa shape index (κ3) is 4.16. The highest BCUT2D eigenvalue weighted by Gasteiger charge is 2.26. The van der Waals surface area contributed by atoms with E-state index in [4.69, 9.17) is 10.5 Å². The summed E-state index contributed by atoms with van der Waals surface area (Å²) < 4.78 is 5.80. The molecule has 7 heteroatoms. The predicted molar refractivity (Wildman–Crippen MR) is 114 cm³/mol. The van der Waals surface area contributed by atoms with Crippen LogP contribution in [0.1, 0.15) is 31.2 Å². The van der Waals surface area contributed by atoms with Gasteiger partial charge < -0.3 is 20.7 Å². The maximum Gasteiger partial charge on any atom is 0.256 e. The molecule has 1 aliphatic rings. The molecule has 0 spiro atoms. The number of likely N-dealkylation sites (N-methyl/N-ethyl adjacent to an activating group) is 1. The number of anilines is 1. The molecule has 0 fully saturated rings. The smallest absolute Gasteiger partial charge is 0.256 e. The Bertz CT molecular complexity index is 1060. The van der Waals surface area contributed by atoms with Crippen molar-refractivity contribution in [1.29, 1.82) is 0 Å². The summed E-state index contributed by atoms with van der Waals surface area (Å²) in [5.74, 6) is 0.434. The third-order valence-electron chi connectivity index (χ3n) is 4.80. The molecule has 2 amide bonds. The lowest BCUT2D eigenvalue weighted by Gasteiger charge is -2.22. The lowest BCUT2D eigenvalue weighted by atomic mass is 10.0. The van der Waals surface area contributed by atoms with Crippen molar-refractivity contribution in [3.63, 3.8) is 0 Å². The molecule has 0 aliphatic carbocycles. The Morgan fingerprint density at radius 2 is 1.86 bits per heavy atom. The summed E-state index contributed by atoms with van der Waals surface area (Å²) in [4.78, 5) is 28.2. The maximum atomic E-state index is 12.8. The molecule has 0 atom stereocenters. The van der Waals surface area contributed by atoms with Gasteiger partial charge >= 0.3 is 0 Å². The molecule has 0 radical (unpaired) electrons. The largest absolute Gasteiger partial charge is 0.457 e. The van der Waals surface area contributed by atoms with Crippen molar-refractivity contribution < 1.29 is 14.3 Å². The van der Waals surface area contributed by atoms with Gasteiger partial charge in [0.25, 0.3) is 11.8 Å². The van der Waals surface area contributed by atoms with Gasteiger partial charge in [0.05, 0.1) is 5.56 Å². The van der Waals surface area contributed by atoms with Crippen LogP contribution in [0.15, 0.2) is 54.6 Å². The first kappa shape index (κ1) is 19.2. The van der Waals surface area contributed by atoms with Gasteiger partial charge in [0.2, 0.25) is 0 Å². The molecule has 29 heavy (non-hydrogen) atoms. The van der Waals surface area contributed by atoms with E-state index < -0.39 is 5.91 Å². The number of nitrogens with two attached hydrogens (primary N) is 1. The summed E-state index contributed by atoms with van der Waals surface area (Å²) in [5.41, 5.74) is 7.46. The Morgan fingerprint density at radius 3 is 2.62 bits per heavy atom. The minimum Gasteiger partial charge on any atom is -0.457 e. The van der Waals surface area contributed by atoms with Crippen LogP contribution >= 0.6 is 11.3 Å². The van der Waals surface area contributed by atoms with E-state index in [1.54, 1.807) is 24.3 Å². The zero-order valence-electron chi connectivity index (χ0n) is 16.0. The molecule has 0 saturated heterocycles. The Morgan fingerprint density at radius 1 is 1.10 bits per heavy atom. The number of benzene rings is 2. The quantitative estimate of drug-likeness (QED) is 0.672. The number of hydrogen-bond acceptors (Lipinski definition) is 5. The highest BCUT2D eigenvalue weighted by Crippen LogP contribution is 2.37. The van der Waals surface area contributed by atoms with E-state index in [9.17, 15) is 9.59 Å². The molecule has 6 nitrogen and oxygen atoms in total. The molecule has 1 aromatic heterocycles. The topological polar surface area (TPSA) is 84.7 Å². The van der Waals surface area contributed by atoms with Crippen molar-refractivity contribution in [3.8, 4) is 11.5 Å². The number of hydrogen-bond donors (Lipinski definition) is 2. The number of primary amides is 1. The first-order valence-electron chi connectivity index (χ1n) is 9.28. The van der Waals surface area contributed by atoms with E-state index in [0.717, 1.165) is 30.0 Å². The number of amides is 2. The molecule has 0 bridgehead atoms. The van der Waals surface area contributed by atoms with Gasteiger partial charge in [0, 0.05) is 23.5 Å². The van der Waals surface area contributed by atoms with Crippen LogP contribution in [0, 0.1) is 0 Å². The minimum atomic E-state index is -0.511. The van der Waals surface area contributed by atoms with Crippen LogP contribution in [-0.4, -0.2) is 30.3 Å². The summed E-state index contributed by atoms with van der Waals surface area (Å²) in [6, 6.07) is 16.3. The number of para-hydroxylation sites is 1. The molecule has 4 rings (SSSR count). The zero-order chi connectivity index (χ0) is 20.4. The molecule has 0 unspecified atom stereocenters. The standard InChI is InChI=1S/C22H21N3O3S/c1-25-11-10-17-18(13-25)29-22(19(17)20(23)26)24-21(27)14-6-5-9-16(12-14)28-15-7-3-2-4-8-15/h2-9,12H,10-11,13H2,1H3,(H2,23,26)(H,24,27). The molecular weight excluding hydrogens is 386 g/mol. The van der Waals surface area contributed by atoms with Gasteiger partial charge in [0.1, 0.15) is 16.5 Å². The fraction of sp³-hybridized carbons (Fsp3) is 0.182. The van der Waals surface area contributed by atoms with Crippen molar-refractivity contribution in [2.45, 2.75) is 13.0 Å². The maximum absolute atomic E-state index is 12.8. The van der Waals surface area contributed by atoms with Crippen LogP contribution in [0.2, 0.25) is 0 Å². The van der Waals surface area contributed by atoms with Crippen molar-refractivity contribution in [2.24, 2.45) is 5.73 Å². The van der Waals surface area contributed by atoms with E-state index in [1.165, 1.54) is 11.3 Å². The number of nitrogens with zero attached hydrogens (tertiary/aromatic N) is 1. The number of nitrogens with one attached hydrogen (secondary N) is 1. The van der Waals surface area contributed by atoms with Crippen molar-refractivity contribution in [1.82, 2.24) is 4.90 Å². The average molecular weight is 407 g/mol. The summed E-state index contributed by atoms with van der Waals surface area (Å²) in [6.45, 7) is 1.60. The van der Waals surface area contributed by atoms with Gasteiger partial charge in [-0.05, 0) is 49.4 Å². The lowest BCUT2D eigenvalue weighted by Crippen LogP contribution is -2.27. The third-order valence-corrected chi connectivity index (χ3v) is 5.93. The zero-order valence-corrected chi connectivity index (χ0v) is 16.8. The normalized spacial score (nSPS) is 13.6. The van der Waals surface area contributed by atoms with Gasteiger partial charge in [-0.1, -0.05) is 24.3 Å². The van der Waals surface area contributed by atoms with Gasteiger partial charge in [-0.15, -0.1) is 11.3 Å². The van der Waals surface area contributed by atoms with E-state index in [2.05, 4.69) is 10.2 Å². The Kier molecular flexibility index (Phi) is 5.33. The number of carbonyl (C=O) groups is 2. The SMILES string of the molecule is CN1CCc2c(sc(NC(=O)c3cccc(Oc4ccccc4)c3)c2C(N)=O)C1. The highest BCUT2D eigenvalue weighted by molar-refractivity contribution is 7.17. The van der Waals surface area contributed by atoms with Crippen LogP contribution in [0.3, 0.4) is 0 Å². The molecule has 1 aliphatic heterocycles. The molecule has 0 saturated carbocycles. The minimum absolute atomic E-state index is 0.307. The monoisotopic (exact) mass is 407 g/mol. The lowest BCUT2D eigenvalue weighted by molar-refractivity contribution is 0.1000. The Balaban J connectivity index is 1.57. The van der Waals surface area contributed by atoms with Crippen LogP contribution in [0.25, 0.3) is 0 Å². The average Bonchev–Trinajstić information content (AvgIpc) is 3.06. The van der Waals surface area contributed by atoms with Crippen LogP contribution < -0.4 is 15.8 Å². The molecule has 3 aromatic rings. The molecule has 2 aromatic carbocycles. The summed E-state index contributed by atoms with van der Waals surface area (Å²) in [5, 5.41) is 3.39. The van der Waals surface area contributed by atoms with Crippen molar-refractivity contribution in [2.75, 3.05) is 18.9 Å². The second kappa shape index (κ2) is 8.06. The number of fused-ring (bicyclic) bond motifs is 1. The summed E-state index contributed by atoms with van der Waals surface area (Å²) in [6.07, 6.45) is 0.747.